The Labute approximate surface area is 161 Å². The van der Waals surface area contributed by atoms with E-state index in [-0.39, 0.29) is 24.5 Å². The van der Waals surface area contributed by atoms with Crippen molar-refractivity contribution in [2.45, 2.75) is 19.3 Å². The fourth-order valence-corrected chi connectivity index (χ4v) is 3.45. The standard InChI is InChI=1S/C20H21N3O3S/c1-26-15-6-4-14(5-7-15)17(24)8-9-19(25)21-11-10-16-20(23-13-22-16)18-3-2-12-27-18/h2-7,12-13H,8-11H2,1H3,(H,21,25)(H,22,23). The Balaban J connectivity index is 1.42. The van der Waals surface area contributed by atoms with Crippen LogP contribution in [0, 0.1) is 0 Å². The summed E-state index contributed by atoms with van der Waals surface area (Å²) < 4.78 is 5.07. The van der Waals surface area contributed by atoms with Crippen molar-refractivity contribution in [2.24, 2.45) is 0 Å². The van der Waals surface area contributed by atoms with E-state index in [0.29, 0.717) is 24.3 Å². The van der Waals surface area contributed by atoms with Gasteiger partial charge in [-0.15, -0.1) is 11.3 Å². The Kier molecular flexibility index (Phi) is 6.38. The van der Waals surface area contributed by atoms with E-state index in [1.165, 1.54) is 0 Å². The highest BCUT2D eigenvalue weighted by Crippen LogP contribution is 2.25. The maximum Gasteiger partial charge on any atom is 0.220 e. The summed E-state index contributed by atoms with van der Waals surface area (Å²) in [5, 5.41) is 4.87. The molecule has 1 amide bonds. The van der Waals surface area contributed by atoms with Gasteiger partial charge in [0.2, 0.25) is 5.91 Å². The second-order valence-electron chi connectivity index (χ2n) is 5.96. The Morgan fingerprint density at radius 3 is 2.70 bits per heavy atom. The molecule has 0 aliphatic rings. The van der Waals surface area contributed by atoms with Crippen LogP contribution < -0.4 is 10.1 Å². The van der Waals surface area contributed by atoms with Gasteiger partial charge in [-0.3, -0.25) is 9.59 Å². The lowest BCUT2D eigenvalue weighted by Crippen LogP contribution is -2.26. The molecule has 1 aromatic carbocycles. The molecule has 0 radical (unpaired) electrons. The molecule has 0 aliphatic carbocycles. The molecule has 0 atom stereocenters. The molecular formula is C20H21N3O3S. The van der Waals surface area contributed by atoms with Crippen LogP contribution in [0.4, 0.5) is 0 Å². The molecule has 0 saturated heterocycles. The highest BCUT2D eigenvalue weighted by molar-refractivity contribution is 7.13. The zero-order chi connectivity index (χ0) is 19.1. The van der Waals surface area contributed by atoms with Gasteiger partial charge in [0, 0.05) is 37.1 Å². The van der Waals surface area contributed by atoms with Crippen molar-refractivity contribution in [1.82, 2.24) is 15.3 Å². The molecule has 2 heterocycles. The quantitative estimate of drug-likeness (QED) is 0.554. The minimum absolute atomic E-state index is 0.0543. The van der Waals surface area contributed by atoms with Gasteiger partial charge < -0.3 is 15.0 Å². The van der Waals surface area contributed by atoms with Gasteiger partial charge in [0.15, 0.2) is 5.78 Å². The third-order valence-corrected chi connectivity index (χ3v) is 5.04. The first-order valence-electron chi connectivity index (χ1n) is 8.67. The van der Waals surface area contributed by atoms with Crippen molar-refractivity contribution in [1.29, 1.82) is 0 Å². The summed E-state index contributed by atoms with van der Waals surface area (Å²) in [6, 6.07) is 10.9. The number of benzene rings is 1. The molecule has 2 aromatic heterocycles. The van der Waals surface area contributed by atoms with E-state index in [1.807, 2.05) is 17.5 Å². The number of H-pyrrole nitrogens is 1. The number of aromatic nitrogens is 2. The van der Waals surface area contributed by atoms with E-state index in [1.54, 1.807) is 49.0 Å². The number of ether oxygens (including phenoxy) is 1. The highest BCUT2D eigenvalue weighted by atomic mass is 32.1. The fourth-order valence-electron chi connectivity index (χ4n) is 2.70. The van der Waals surface area contributed by atoms with Crippen LogP contribution in [0.1, 0.15) is 28.9 Å². The molecule has 0 bridgehead atoms. The number of carbonyl (C=O) groups is 2. The molecule has 0 spiro atoms. The van der Waals surface area contributed by atoms with Gasteiger partial charge in [0.25, 0.3) is 0 Å². The van der Waals surface area contributed by atoms with Gasteiger partial charge in [0.1, 0.15) is 11.4 Å². The van der Waals surface area contributed by atoms with Gasteiger partial charge in [-0.05, 0) is 35.7 Å². The summed E-state index contributed by atoms with van der Waals surface area (Å²) in [6.07, 6.45) is 2.68. The topological polar surface area (TPSA) is 84.1 Å². The van der Waals surface area contributed by atoms with Crippen LogP contribution in [0.5, 0.6) is 5.75 Å². The van der Waals surface area contributed by atoms with Gasteiger partial charge in [-0.2, -0.15) is 0 Å². The van der Waals surface area contributed by atoms with Crippen LogP contribution in [0.25, 0.3) is 10.6 Å². The summed E-state index contributed by atoms with van der Waals surface area (Å²) >= 11 is 1.63. The predicted octanol–water partition coefficient (Wildman–Crippen LogP) is 3.47. The number of thiophene rings is 1. The molecule has 0 fully saturated rings. The molecule has 7 heteroatoms. The number of hydrogen-bond donors (Lipinski definition) is 2. The van der Waals surface area contributed by atoms with Gasteiger partial charge >= 0.3 is 0 Å². The van der Waals surface area contributed by atoms with Crippen LogP contribution in [-0.4, -0.2) is 35.3 Å². The molecule has 0 aliphatic heterocycles. The highest BCUT2D eigenvalue weighted by Gasteiger charge is 2.11. The SMILES string of the molecule is COc1ccc(C(=O)CCC(=O)NCCc2[nH]cnc2-c2cccs2)cc1. The van der Waals surface area contributed by atoms with E-state index in [2.05, 4.69) is 15.3 Å². The van der Waals surface area contributed by atoms with Crippen LogP contribution in [-0.2, 0) is 11.2 Å². The number of imidazole rings is 1. The van der Waals surface area contributed by atoms with Gasteiger partial charge in [-0.25, -0.2) is 4.98 Å². The Bertz CT molecular complexity index is 886. The number of ketones is 1. The van der Waals surface area contributed by atoms with Crippen molar-refractivity contribution in [3.63, 3.8) is 0 Å². The average molecular weight is 383 g/mol. The Morgan fingerprint density at radius 2 is 2.00 bits per heavy atom. The van der Waals surface area contributed by atoms with E-state index >= 15 is 0 Å². The second kappa shape index (κ2) is 9.14. The summed E-state index contributed by atoms with van der Waals surface area (Å²) in [4.78, 5) is 32.7. The van der Waals surface area contributed by atoms with Gasteiger partial charge in [0.05, 0.1) is 18.3 Å². The van der Waals surface area contributed by atoms with E-state index < -0.39 is 0 Å². The minimum Gasteiger partial charge on any atom is -0.497 e. The molecule has 0 unspecified atom stereocenters. The van der Waals surface area contributed by atoms with Gasteiger partial charge in [-0.1, -0.05) is 6.07 Å². The maximum atomic E-state index is 12.2. The fraction of sp³-hybridized carbons (Fsp3) is 0.250. The van der Waals surface area contributed by atoms with Crippen molar-refractivity contribution in [3.8, 4) is 16.3 Å². The van der Waals surface area contributed by atoms with Crippen molar-refractivity contribution in [2.75, 3.05) is 13.7 Å². The predicted molar refractivity (Wildman–Crippen MR) is 105 cm³/mol. The molecule has 27 heavy (non-hydrogen) atoms. The number of nitrogens with one attached hydrogen (secondary N) is 2. The zero-order valence-corrected chi connectivity index (χ0v) is 15.8. The molecule has 3 rings (SSSR count). The molecule has 2 N–H and O–H groups in total. The smallest absolute Gasteiger partial charge is 0.220 e. The first-order valence-corrected chi connectivity index (χ1v) is 9.55. The van der Waals surface area contributed by atoms with Crippen molar-refractivity contribution >= 4 is 23.0 Å². The molecule has 6 nitrogen and oxygen atoms in total. The number of methoxy groups -OCH3 is 1. The number of nitrogens with zero attached hydrogens (tertiary/aromatic N) is 1. The summed E-state index contributed by atoms with van der Waals surface area (Å²) in [7, 11) is 1.58. The van der Waals surface area contributed by atoms with Crippen molar-refractivity contribution < 1.29 is 14.3 Å². The second-order valence-corrected chi connectivity index (χ2v) is 6.91. The first kappa shape index (κ1) is 18.8. The van der Waals surface area contributed by atoms with Crippen LogP contribution in [0.3, 0.4) is 0 Å². The molecule has 0 saturated carbocycles. The Morgan fingerprint density at radius 1 is 1.19 bits per heavy atom. The number of amides is 1. The lowest BCUT2D eigenvalue weighted by atomic mass is 10.1. The molecular weight excluding hydrogens is 362 g/mol. The third-order valence-electron chi connectivity index (χ3n) is 4.16. The number of rotatable bonds is 9. The van der Waals surface area contributed by atoms with Crippen LogP contribution >= 0.6 is 11.3 Å². The van der Waals surface area contributed by atoms with E-state index in [9.17, 15) is 9.59 Å². The lowest BCUT2D eigenvalue weighted by molar-refractivity contribution is -0.121. The van der Waals surface area contributed by atoms with Crippen molar-refractivity contribution in [3.05, 3.63) is 59.4 Å². The number of Topliss-reactive ketones (excluding diaryl/α,β-unsaturated/α-hetero) is 1. The van der Waals surface area contributed by atoms with E-state index in [4.69, 9.17) is 4.74 Å². The summed E-state index contributed by atoms with van der Waals surface area (Å²) in [6.45, 7) is 0.496. The third kappa shape index (κ3) is 5.04. The number of aromatic amines is 1. The summed E-state index contributed by atoms with van der Waals surface area (Å²) in [5.74, 6) is 0.514. The molecule has 3 aromatic rings. The summed E-state index contributed by atoms with van der Waals surface area (Å²) in [5.41, 5.74) is 2.50. The molecule has 140 valence electrons. The maximum absolute atomic E-state index is 12.2. The van der Waals surface area contributed by atoms with E-state index in [0.717, 1.165) is 16.3 Å². The van der Waals surface area contributed by atoms with Crippen LogP contribution in [0.15, 0.2) is 48.1 Å². The number of hydrogen-bond acceptors (Lipinski definition) is 5. The lowest BCUT2D eigenvalue weighted by Gasteiger charge is -2.06. The first-order chi connectivity index (χ1) is 13.2. The monoisotopic (exact) mass is 383 g/mol. The normalized spacial score (nSPS) is 10.6. The Hall–Kier alpha value is -2.93. The largest absolute Gasteiger partial charge is 0.497 e. The minimum atomic E-state index is -0.131. The zero-order valence-electron chi connectivity index (χ0n) is 15.0. The van der Waals surface area contributed by atoms with Crippen LogP contribution in [0.2, 0.25) is 0 Å². The average Bonchev–Trinajstić information content (AvgIpc) is 3.37. The number of carbonyl (C=O) groups excluding carboxylic acids is 2.